The summed E-state index contributed by atoms with van der Waals surface area (Å²) in [5, 5.41) is 10.0. The number of esters is 1. The van der Waals surface area contributed by atoms with E-state index in [2.05, 4.69) is 6.07 Å². The molecule has 1 aliphatic rings. The van der Waals surface area contributed by atoms with E-state index in [1.807, 2.05) is 26.0 Å². The monoisotopic (exact) mass is 361 g/mol. The van der Waals surface area contributed by atoms with Gasteiger partial charge in [-0.05, 0) is 38.3 Å². The number of hydrogen-bond acceptors (Lipinski definition) is 4. The molecule has 0 amide bonds. The van der Waals surface area contributed by atoms with E-state index < -0.39 is 22.9 Å². The van der Waals surface area contributed by atoms with Gasteiger partial charge in [0.1, 0.15) is 11.0 Å². The number of rotatable bonds is 4. The van der Waals surface area contributed by atoms with Crippen LogP contribution in [0.5, 0.6) is 0 Å². The molecule has 27 heavy (non-hydrogen) atoms. The molecule has 0 radical (unpaired) electrons. The molecule has 0 aromatic heterocycles. The number of benzene rings is 2. The van der Waals surface area contributed by atoms with Crippen LogP contribution < -0.4 is 0 Å². The number of Topliss-reactive ketones (excluding diaryl/α,β-unsaturated/α-hetero) is 1. The van der Waals surface area contributed by atoms with Gasteiger partial charge in [-0.25, -0.2) is 4.79 Å². The van der Waals surface area contributed by atoms with Crippen molar-refractivity contribution in [1.82, 2.24) is 0 Å². The normalized spacial score (nSPS) is 27.4. The van der Waals surface area contributed by atoms with Gasteiger partial charge in [-0.2, -0.15) is 5.26 Å². The summed E-state index contributed by atoms with van der Waals surface area (Å²) in [5.41, 5.74) is -1.10. The zero-order valence-corrected chi connectivity index (χ0v) is 15.6. The van der Waals surface area contributed by atoms with E-state index in [9.17, 15) is 14.9 Å². The molecule has 1 fully saturated rings. The Morgan fingerprint density at radius 1 is 1.00 bits per heavy atom. The van der Waals surface area contributed by atoms with E-state index in [1.165, 1.54) is 0 Å². The zero-order chi connectivity index (χ0) is 19.5. The number of ether oxygens (including phenoxy) is 1. The summed E-state index contributed by atoms with van der Waals surface area (Å²) in [5.74, 6) is -1.05. The predicted molar refractivity (Wildman–Crippen MR) is 102 cm³/mol. The van der Waals surface area contributed by atoms with Crippen LogP contribution >= 0.6 is 0 Å². The quantitative estimate of drug-likeness (QED) is 0.579. The molecular weight excluding hydrogens is 338 g/mol. The lowest BCUT2D eigenvalue weighted by atomic mass is 9.58. The van der Waals surface area contributed by atoms with Crippen molar-refractivity contribution in [3.63, 3.8) is 0 Å². The van der Waals surface area contributed by atoms with Crippen LogP contribution in [0.25, 0.3) is 0 Å². The maximum absolute atomic E-state index is 13.2. The van der Waals surface area contributed by atoms with Gasteiger partial charge >= 0.3 is 5.97 Å². The fourth-order valence-corrected chi connectivity index (χ4v) is 4.02. The van der Waals surface area contributed by atoms with E-state index in [1.54, 1.807) is 48.5 Å². The minimum absolute atomic E-state index is 0.195. The second kappa shape index (κ2) is 7.36. The Morgan fingerprint density at radius 2 is 1.56 bits per heavy atom. The lowest BCUT2D eigenvalue weighted by molar-refractivity contribution is -0.0810. The Bertz CT molecular complexity index is 872. The third-order valence-corrected chi connectivity index (χ3v) is 5.88. The highest BCUT2D eigenvalue weighted by Gasteiger charge is 2.56. The van der Waals surface area contributed by atoms with Crippen LogP contribution in [0.2, 0.25) is 0 Å². The summed E-state index contributed by atoms with van der Waals surface area (Å²) in [6.45, 7) is 3.68. The highest BCUT2D eigenvalue weighted by atomic mass is 16.6. The topological polar surface area (TPSA) is 67.2 Å². The Balaban J connectivity index is 1.91. The molecule has 138 valence electrons. The Kier molecular flexibility index (Phi) is 5.14. The van der Waals surface area contributed by atoms with Crippen molar-refractivity contribution in [3.8, 4) is 6.07 Å². The van der Waals surface area contributed by atoms with Crippen molar-refractivity contribution in [2.45, 2.75) is 38.7 Å². The maximum Gasteiger partial charge on any atom is 0.338 e. The van der Waals surface area contributed by atoms with E-state index in [0.29, 0.717) is 30.4 Å². The fraction of sp³-hybridized carbons (Fsp3) is 0.348. The summed E-state index contributed by atoms with van der Waals surface area (Å²) < 4.78 is 5.88. The van der Waals surface area contributed by atoms with Crippen molar-refractivity contribution in [3.05, 3.63) is 71.8 Å². The molecule has 4 heteroatoms. The molecule has 0 N–H and O–H groups in total. The van der Waals surface area contributed by atoms with Crippen molar-refractivity contribution in [2.75, 3.05) is 0 Å². The first-order chi connectivity index (χ1) is 12.9. The SMILES string of the molecule is C[C@@H]1[C@](C)(OC(=O)c2ccccc2)CCC[C@@]1(C#N)C(=O)c1ccccc1. The molecule has 0 aliphatic heterocycles. The van der Waals surface area contributed by atoms with Gasteiger partial charge < -0.3 is 4.74 Å². The van der Waals surface area contributed by atoms with Gasteiger partial charge in [-0.3, -0.25) is 4.79 Å². The average molecular weight is 361 g/mol. The van der Waals surface area contributed by atoms with Gasteiger partial charge in [0.05, 0.1) is 11.6 Å². The standard InChI is InChI=1S/C23H23NO3/c1-17-22(2,27-21(26)19-12-7-4-8-13-19)14-9-15-23(17,16-24)20(25)18-10-5-3-6-11-18/h3-8,10-13,17H,9,14-15H2,1-2H3/t17-,22-,23+/m1/s1. The highest BCUT2D eigenvalue weighted by Crippen LogP contribution is 2.49. The first kappa shape index (κ1) is 18.8. The van der Waals surface area contributed by atoms with Crippen LogP contribution in [-0.4, -0.2) is 17.4 Å². The molecule has 0 spiro atoms. The average Bonchev–Trinajstić information content (AvgIpc) is 2.71. The minimum atomic E-state index is -1.20. The number of nitrogens with zero attached hydrogens (tertiary/aromatic N) is 1. The fourth-order valence-electron chi connectivity index (χ4n) is 4.02. The molecule has 0 bridgehead atoms. The maximum atomic E-state index is 13.2. The van der Waals surface area contributed by atoms with Crippen LogP contribution in [0.15, 0.2) is 60.7 Å². The molecule has 0 unspecified atom stereocenters. The van der Waals surface area contributed by atoms with Gasteiger partial charge in [-0.15, -0.1) is 0 Å². The van der Waals surface area contributed by atoms with Crippen molar-refractivity contribution < 1.29 is 14.3 Å². The molecule has 3 rings (SSSR count). The lowest BCUT2D eigenvalue weighted by Crippen LogP contribution is -2.53. The number of nitriles is 1. The summed E-state index contributed by atoms with van der Waals surface area (Å²) in [7, 11) is 0. The van der Waals surface area contributed by atoms with Crippen LogP contribution in [0, 0.1) is 22.7 Å². The number of hydrogen-bond donors (Lipinski definition) is 0. The smallest absolute Gasteiger partial charge is 0.338 e. The van der Waals surface area contributed by atoms with E-state index in [0.717, 1.165) is 0 Å². The van der Waals surface area contributed by atoms with Crippen molar-refractivity contribution in [2.24, 2.45) is 11.3 Å². The highest BCUT2D eigenvalue weighted by molar-refractivity contribution is 6.02. The summed E-state index contributed by atoms with van der Waals surface area (Å²) in [6.07, 6.45) is 1.74. The van der Waals surface area contributed by atoms with E-state index in [4.69, 9.17) is 4.74 Å². The van der Waals surface area contributed by atoms with Crippen LogP contribution in [0.1, 0.15) is 53.8 Å². The number of ketones is 1. The van der Waals surface area contributed by atoms with E-state index in [-0.39, 0.29) is 5.78 Å². The van der Waals surface area contributed by atoms with Crippen LogP contribution in [-0.2, 0) is 4.74 Å². The number of carbonyl (C=O) groups is 2. The number of carbonyl (C=O) groups excluding carboxylic acids is 2. The van der Waals surface area contributed by atoms with E-state index >= 15 is 0 Å². The van der Waals surface area contributed by atoms with Gasteiger partial charge in [0.2, 0.25) is 0 Å². The zero-order valence-electron chi connectivity index (χ0n) is 15.6. The largest absolute Gasteiger partial charge is 0.455 e. The molecule has 2 aromatic carbocycles. The third-order valence-electron chi connectivity index (χ3n) is 5.88. The Morgan fingerprint density at radius 3 is 2.11 bits per heavy atom. The molecule has 0 saturated heterocycles. The van der Waals surface area contributed by atoms with Crippen molar-refractivity contribution >= 4 is 11.8 Å². The predicted octanol–water partition coefficient (Wildman–Crippen LogP) is 4.81. The molecule has 3 atom stereocenters. The van der Waals surface area contributed by atoms with Gasteiger partial charge in [0.15, 0.2) is 5.78 Å². The van der Waals surface area contributed by atoms with Gasteiger partial charge in [0, 0.05) is 11.5 Å². The van der Waals surface area contributed by atoms with Gasteiger partial charge in [0.25, 0.3) is 0 Å². The minimum Gasteiger partial charge on any atom is -0.455 e. The molecule has 2 aromatic rings. The second-order valence-electron chi connectivity index (χ2n) is 7.42. The van der Waals surface area contributed by atoms with Crippen LogP contribution in [0.4, 0.5) is 0 Å². The summed E-state index contributed by atoms with van der Waals surface area (Å²) in [6, 6.07) is 20.0. The molecule has 1 aliphatic carbocycles. The first-order valence-corrected chi connectivity index (χ1v) is 9.22. The van der Waals surface area contributed by atoms with Gasteiger partial charge in [-0.1, -0.05) is 55.5 Å². The summed E-state index contributed by atoms with van der Waals surface area (Å²) >= 11 is 0. The molecule has 4 nitrogen and oxygen atoms in total. The lowest BCUT2D eigenvalue weighted by Gasteiger charge is -2.47. The summed E-state index contributed by atoms with van der Waals surface area (Å²) in [4.78, 5) is 25.9. The van der Waals surface area contributed by atoms with Crippen LogP contribution in [0.3, 0.4) is 0 Å². The molecule has 0 heterocycles. The molecular formula is C23H23NO3. The molecule has 1 saturated carbocycles. The first-order valence-electron chi connectivity index (χ1n) is 9.22. The van der Waals surface area contributed by atoms with Crippen molar-refractivity contribution in [1.29, 1.82) is 5.26 Å². The Hall–Kier alpha value is -2.93. The second-order valence-corrected chi connectivity index (χ2v) is 7.42. The Labute approximate surface area is 159 Å². The third kappa shape index (κ3) is 3.38.